The maximum Gasteiger partial charge on any atom is 0.338 e. The van der Waals surface area contributed by atoms with Gasteiger partial charge in [-0.25, -0.2) is 4.79 Å². The lowest BCUT2D eigenvalue weighted by atomic mass is 10.0. The molecule has 0 amide bonds. The minimum Gasteiger partial charge on any atom is -0.465 e. The summed E-state index contributed by atoms with van der Waals surface area (Å²) in [5.74, 6) is -0.358. The number of hydrogen-bond donors (Lipinski definition) is 2. The lowest BCUT2D eigenvalue weighted by molar-refractivity contribution is 0.0600. The van der Waals surface area contributed by atoms with Crippen molar-refractivity contribution in [1.29, 1.82) is 0 Å². The lowest BCUT2D eigenvalue weighted by Crippen LogP contribution is -2.31. The molecule has 25 heavy (non-hydrogen) atoms. The first-order valence-corrected chi connectivity index (χ1v) is 8.57. The summed E-state index contributed by atoms with van der Waals surface area (Å²) < 4.78 is 4.81. The van der Waals surface area contributed by atoms with E-state index < -0.39 is 0 Å². The summed E-state index contributed by atoms with van der Waals surface area (Å²) in [5, 5.41) is 6.98. The number of thiocarbonyl (C=S) groups is 1. The summed E-state index contributed by atoms with van der Waals surface area (Å²) in [6, 6.07) is 11.9. The van der Waals surface area contributed by atoms with E-state index in [1.165, 1.54) is 23.8 Å². The Hall–Kier alpha value is -2.40. The second kappa shape index (κ2) is 8.12. The van der Waals surface area contributed by atoms with Gasteiger partial charge in [-0.15, -0.1) is 0 Å². The highest BCUT2D eigenvalue weighted by Gasteiger charge is 2.14. The second-order valence-corrected chi connectivity index (χ2v) is 6.56. The van der Waals surface area contributed by atoms with Gasteiger partial charge in [0.05, 0.1) is 18.7 Å². The van der Waals surface area contributed by atoms with Gasteiger partial charge < -0.3 is 15.4 Å². The topological polar surface area (TPSA) is 50.4 Å². The molecule has 1 atom stereocenters. The highest BCUT2D eigenvalue weighted by molar-refractivity contribution is 7.80. The molecular formula is C20H24N2O2S. The molecule has 2 aromatic rings. The zero-order chi connectivity index (χ0) is 18.6. The molecule has 0 aliphatic rings. The number of aryl methyl sites for hydroxylation is 2. The number of anilines is 1. The fraction of sp³-hybridized carbons (Fsp3) is 0.300. The molecule has 5 heteroatoms. The van der Waals surface area contributed by atoms with Crippen molar-refractivity contribution in [2.75, 3.05) is 12.4 Å². The number of carbonyl (C=O) groups is 1. The summed E-state index contributed by atoms with van der Waals surface area (Å²) in [6.45, 7) is 8.12. The minimum absolute atomic E-state index is 0.0738. The Morgan fingerprint density at radius 2 is 1.88 bits per heavy atom. The van der Waals surface area contributed by atoms with Crippen LogP contribution in [0, 0.1) is 20.8 Å². The number of esters is 1. The van der Waals surface area contributed by atoms with Gasteiger partial charge in [-0.1, -0.05) is 29.8 Å². The molecule has 0 radical (unpaired) electrons. The molecule has 2 rings (SSSR count). The normalized spacial score (nSPS) is 11.6. The molecule has 1 unspecified atom stereocenters. The van der Waals surface area contributed by atoms with Gasteiger partial charge in [0.1, 0.15) is 0 Å². The maximum absolute atomic E-state index is 11.8. The number of nitrogens with one attached hydrogen (secondary N) is 2. The smallest absolute Gasteiger partial charge is 0.338 e. The number of carbonyl (C=O) groups excluding carboxylic acids is 1. The predicted molar refractivity (Wildman–Crippen MR) is 106 cm³/mol. The number of hydrogen-bond acceptors (Lipinski definition) is 3. The maximum atomic E-state index is 11.8. The van der Waals surface area contributed by atoms with Gasteiger partial charge in [0.25, 0.3) is 0 Å². The number of methoxy groups -OCH3 is 1. The van der Waals surface area contributed by atoms with Crippen molar-refractivity contribution in [3.8, 4) is 0 Å². The summed E-state index contributed by atoms with van der Waals surface area (Å²) >= 11 is 5.44. The van der Waals surface area contributed by atoms with Gasteiger partial charge in [0.15, 0.2) is 5.11 Å². The highest BCUT2D eigenvalue weighted by Crippen LogP contribution is 2.21. The fourth-order valence-corrected chi connectivity index (χ4v) is 3.13. The van der Waals surface area contributed by atoms with E-state index >= 15 is 0 Å². The van der Waals surface area contributed by atoms with Crippen molar-refractivity contribution in [3.63, 3.8) is 0 Å². The van der Waals surface area contributed by atoms with Crippen LogP contribution >= 0.6 is 12.2 Å². The molecule has 4 nitrogen and oxygen atoms in total. The average Bonchev–Trinajstić information content (AvgIpc) is 2.55. The van der Waals surface area contributed by atoms with Crippen molar-refractivity contribution in [1.82, 2.24) is 5.32 Å². The van der Waals surface area contributed by atoms with Crippen molar-refractivity contribution in [3.05, 3.63) is 64.2 Å². The first-order valence-electron chi connectivity index (χ1n) is 8.16. The molecule has 0 bridgehead atoms. The van der Waals surface area contributed by atoms with Crippen molar-refractivity contribution in [2.45, 2.75) is 33.7 Å². The summed E-state index contributed by atoms with van der Waals surface area (Å²) in [4.78, 5) is 11.8. The number of benzene rings is 2. The van der Waals surface area contributed by atoms with Crippen LogP contribution in [0.2, 0.25) is 0 Å². The predicted octanol–water partition coefficient (Wildman–Crippen LogP) is 4.45. The molecule has 2 N–H and O–H groups in total. The summed E-state index contributed by atoms with van der Waals surface area (Å²) in [7, 11) is 1.37. The molecule has 0 saturated heterocycles. The molecule has 0 fully saturated rings. The van der Waals surface area contributed by atoms with Gasteiger partial charge in [-0.05, 0) is 68.7 Å². The Morgan fingerprint density at radius 1 is 1.16 bits per heavy atom. The molecular weight excluding hydrogens is 332 g/mol. The Bertz CT molecular complexity index is 802. The van der Waals surface area contributed by atoms with Crippen LogP contribution in [0.5, 0.6) is 0 Å². The van der Waals surface area contributed by atoms with Crippen LogP contribution in [-0.4, -0.2) is 18.2 Å². The number of ether oxygens (including phenoxy) is 1. The Morgan fingerprint density at radius 3 is 2.52 bits per heavy atom. The average molecular weight is 356 g/mol. The van der Waals surface area contributed by atoms with Crippen molar-refractivity contribution in [2.24, 2.45) is 0 Å². The van der Waals surface area contributed by atoms with E-state index in [0.717, 1.165) is 11.3 Å². The van der Waals surface area contributed by atoms with Crippen LogP contribution in [0.4, 0.5) is 5.69 Å². The van der Waals surface area contributed by atoms with E-state index in [9.17, 15) is 4.79 Å². The van der Waals surface area contributed by atoms with Crippen LogP contribution in [-0.2, 0) is 4.74 Å². The third kappa shape index (κ3) is 4.57. The lowest BCUT2D eigenvalue weighted by Gasteiger charge is -2.20. The van der Waals surface area contributed by atoms with Crippen LogP contribution in [0.25, 0.3) is 0 Å². The quantitative estimate of drug-likeness (QED) is 0.626. The molecule has 0 aliphatic carbocycles. The highest BCUT2D eigenvalue weighted by atomic mass is 32.1. The van der Waals surface area contributed by atoms with Crippen molar-refractivity contribution >= 4 is 29.0 Å². The molecule has 0 heterocycles. The Balaban J connectivity index is 2.11. The van der Waals surface area contributed by atoms with Gasteiger partial charge in [0, 0.05) is 5.69 Å². The largest absolute Gasteiger partial charge is 0.465 e. The van der Waals surface area contributed by atoms with Crippen LogP contribution in [0.1, 0.15) is 45.6 Å². The summed E-state index contributed by atoms with van der Waals surface area (Å²) in [5.41, 5.74) is 5.79. The van der Waals surface area contributed by atoms with E-state index in [2.05, 4.69) is 49.6 Å². The SMILES string of the molecule is COC(=O)c1cccc(NC(=S)NC(C)c2ccc(C)cc2C)c1C. The Kier molecular flexibility index (Phi) is 6.15. The monoisotopic (exact) mass is 356 g/mol. The van der Waals surface area contributed by atoms with E-state index in [0.29, 0.717) is 10.7 Å². The molecule has 0 spiro atoms. The molecule has 2 aromatic carbocycles. The first-order chi connectivity index (χ1) is 11.8. The molecule has 0 aliphatic heterocycles. The van der Waals surface area contributed by atoms with Crippen LogP contribution in [0.15, 0.2) is 36.4 Å². The molecule has 0 aromatic heterocycles. The third-order valence-electron chi connectivity index (χ3n) is 4.23. The third-order valence-corrected chi connectivity index (χ3v) is 4.45. The van der Waals surface area contributed by atoms with Gasteiger partial charge in [-0.2, -0.15) is 0 Å². The van der Waals surface area contributed by atoms with Gasteiger partial charge in [-0.3, -0.25) is 0 Å². The molecule has 0 saturated carbocycles. The van der Waals surface area contributed by atoms with Gasteiger partial charge >= 0.3 is 5.97 Å². The molecule has 132 valence electrons. The summed E-state index contributed by atoms with van der Waals surface area (Å²) in [6.07, 6.45) is 0. The zero-order valence-electron chi connectivity index (χ0n) is 15.3. The second-order valence-electron chi connectivity index (χ2n) is 6.15. The van der Waals surface area contributed by atoms with Gasteiger partial charge in [0.2, 0.25) is 0 Å². The van der Waals surface area contributed by atoms with Crippen LogP contribution < -0.4 is 10.6 Å². The number of rotatable bonds is 4. The zero-order valence-corrected chi connectivity index (χ0v) is 16.1. The van der Waals surface area contributed by atoms with E-state index in [-0.39, 0.29) is 12.0 Å². The Labute approximate surface area is 154 Å². The van der Waals surface area contributed by atoms with Crippen LogP contribution in [0.3, 0.4) is 0 Å². The minimum atomic E-state index is -0.358. The first kappa shape index (κ1) is 18.9. The van der Waals surface area contributed by atoms with Crippen molar-refractivity contribution < 1.29 is 9.53 Å². The van der Waals surface area contributed by atoms with E-state index in [4.69, 9.17) is 17.0 Å². The standard InChI is InChI=1S/C20H24N2O2S/c1-12-9-10-16(13(2)11-12)15(4)21-20(25)22-18-8-6-7-17(14(18)3)19(23)24-5/h6-11,15H,1-5H3,(H2,21,22,25). The fourth-order valence-electron chi connectivity index (χ4n) is 2.85. The van der Waals surface area contributed by atoms with E-state index in [1.807, 2.05) is 13.0 Å². The van der Waals surface area contributed by atoms with E-state index in [1.54, 1.807) is 12.1 Å².